The van der Waals surface area contributed by atoms with E-state index >= 15 is 8.78 Å². The van der Waals surface area contributed by atoms with Crippen LogP contribution in [0.25, 0.3) is 10.9 Å². The van der Waals surface area contributed by atoms with Crippen LogP contribution < -0.4 is 15.8 Å². The van der Waals surface area contributed by atoms with E-state index in [0.29, 0.717) is 17.6 Å². The molecule has 1 unspecified atom stereocenters. The van der Waals surface area contributed by atoms with Crippen molar-refractivity contribution in [3.05, 3.63) is 72.0 Å². The predicted octanol–water partition coefficient (Wildman–Crippen LogP) is 3.81. The molecule has 1 aliphatic rings. The molecule has 1 aromatic carbocycles. The number of benzene rings is 1. The van der Waals surface area contributed by atoms with Gasteiger partial charge in [0.15, 0.2) is 11.6 Å². The molecule has 9 heteroatoms. The maximum Gasteiger partial charge on any atom is 0.259 e. The van der Waals surface area contributed by atoms with E-state index in [2.05, 4.69) is 26.8 Å². The highest BCUT2D eigenvalue weighted by molar-refractivity contribution is 5.83. The summed E-state index contributed by atoms with van der Waals surface area (Å²) in [6.45, 7) is 11.4. The van der Waals surface area contributed by atoms with Crippen molar-refractivity contribution in [1.29, 1.82) is 0 Å². The van der Waals surface area contributed by atoms with Crippen molar-refractivity contribution in [1.82, 2.24) is 24.8 Å². The minimum absolute atomic E-state index is 0.0268. The Labute approximate surface area is 191 Å². The summed E-state index contributed by atoms with van der Waals surface area (Å²) in [6, 6.07) is 4.12. The molecule has 1 fully saturated rings. The molecule has 3 aromatic rings. The summed E-state index contributed by atoms with van der Waals surface area (Å²) in [6.07, 6.45) is 4.54. The minimum atomic E-state index is -0.861. The second kappa shape index (κ2) is 9.68. The first-order valence-electron chi connectivity index (χ1n) is 11.0. The third kappa shape index (κ3) is 4.34. The van der Waals surface area contributed by atoms with E-state index in [9.17, 15) is 0 Å². The Morgan fingerprint density at radius 1 is 1.27 bits per heavy atom. The van der Waals surface area contributed by atoms with Crippen LogP contribution in [-0.4, -0.2) is 45.6 Å². The molecule has 3 heterocycles. The zero-order chi connectivity index (χ0) is 23.5. The van der Waals surface area contributed by atoms with Gasteiger partial charge in [-0.05, 0) is 38.1 Å². The van der Waals surface area contributed by atoms with E-state index in [1.165, 1.54) is 12.4 Å². The van der Waals surface area contributed by atoms with Crippen molar-refractivity contribution >= 4 is 10.9 Å². The largest absolute Gasteiger partial charge is 0.433 e. The van der Waals surface area contributed by atoms with E-state index in [1.807, 2.05) is 18.4 Å². The summed E-state index contributed by atoms with van der Waals surface area (Å²) >= 11 is 0. The molecule has 33 heavy (non-hydrogen) atoms. The summed E-state index contributed by atoms with van der Waals surface area (Å²) < 4.78 is 38.2. The number of piperazine rings is 1. The standard InChI is InChI=1S/C24H28F2N6O/c1-4-6-18(31-11-9-28-10-12-31)22(27)23-21(26)24(30-14-29-23)33-19-8-7-17-16(20(19)25)13-15(3)32(17)5-2/h4,6-8,13-14,22,28H,1,5,9-12,27H2,2-3H3/b18-6+. The molecule has 0 aliphatic carbocycles. The van der Waals surface area contributed by atoms with Gasteiger partial charge >= 0.3 is 0 Å². The van der Waals surface area contributed by atoms with Crippen molar-refractivity contribution < 1.29 is 13.5 Å². The Balaban J connectivity index is 1.66. The lowest BCUT2D eigenvalue weighted by Gasteiger charge is -2.34. The fourth-order valence-electron chi connectivity index (χ4n) is 4.26. The Kier molecular flexibility index (Phi) is 6.71. The molecule has 7 nitrogen and oxygen atoms in total. The first kappa shape index (κ1) is 22.9. The van der Waals surface area contributed by atoms with E-state index in [-0.39, 0.29) is 17.3 Å². The molecule has 0 saturated carbocycles. The van der Waals surface area contributed by atoms with Gasteiger partial charge in [-0.3, -0.25) is 0 Å². The topological polar surface area (TPSA) is 81.2 Å². The molecule has 1 atom stereocenters. The molecule has 4 rings (SSSR count). The lowest BCUT2D eigenvalue weighted by atomic mass is 10.1. The number of hydrogen-bond acceptors (Lipinski definition) is 6. The molecule has 0 spiro atoms. The number of halogens is 2. The molecule has 0 amide bonds. The summed E-state index contributed by atoms with van der Waals surface area (Å²) in [7, 11) is 0. The number of nitrogens with zero attached hydrogens (tertiary/aromatic N) is 4. The van der Waals surface area contributed by atoms with Gasteiger partial charge < -0.3 is 25.3 Å². The summed E-state index contributed by atoms with van der Waals surface area (Å²) in [5, 5.41) is 3.68. The zero-order valence-electron chi connectivity index (χ0n) is 18.8. The maximum absolute atomic E-state index is 15.4. The lowest BCUT2D eigenvalue weighted by Crippen LogP contribution is -2.45. The van der Waals surface area contributed by atoms with Crippen molar-refractivity contribution in [3.8, 4) is 11.6 Å². The molecule has 1 aliphatic heterocycles. The number of allylic oxidation sites excluding steroid dienone is 2. The van der Waals surface area contributed by atoms with Crippen molar-refractivity contribution in [2.75, 3.05) is 26.2 Å². The van der Waals surface area contributed by atoms with Crippen LogP contribution in [0.4, 0.5) is 8.78 Å². The first-order valence-corrected chi connectivity index (χ1v) is 11.0. The van der Waals surface area contributed by atoms with Crippen molar-refractivity contribution in [2.24, 2.45) is 5.73 Å². The van der Waals surface area contributed by atoms with Gasteiger partial charge in [0.2, 0.25) is 5.82 Å². The quantitative estimate of drug-likeness (QED) is 0.529. The first-order chi connectivity index (χ1) is 16.0. The Bertz CT molecular complexity index is 1200. The maximum atomic E-state index is 15.4. The third-order valence-corrected chi connectivity index (χ3v) is 5.88. The van der Waals surface area contributed by atoms with Gasteiger partial charge in [0.05, 0.1) is 11.6 Å². The fraction of sp³-hybridized carbons (Fsp3) is 0.333. The summed E-state index contributed by atoms with van der Waals surface area (Å²) in [5.74, 6) is -1.88. The van der Waals surface area contributed by atoms with Crippen LogP contribution in [0.2, 0.25) is 0 Å². The Morgan fingerprint density at radius 2 is 2.03 bits per heavy atom. The van der Waals surface area contributed by atoms with E-state index in [0.717, 1.165) is 37.4 Å². The molecular formula is C24H28F2N6O. The van der Waals surface area contributed by atoms with Gasteiger partial charge in [0.25, 0.3) is 5.88 Å². The van der Waals surface area contributed by atoms with E-state index in [1.54, 1.807) is 24.3 Å². The smallest absolute Gasteiger partial charge is 0.259 e. The molecular weight excluding hydrogens is 426 g/mol. The summed E-state index contributed by atoms with van der Waals surface area (Å²) in [5.41, 5.74) is 8.77. The Morgan fingerprint density at radius 3 is 2.73 bits per heavy atom. The molecule has 0 radical (unpaired) electrons. The Hall–Kier alpha value is -3.30. The van der Waals surface area contributed by atoms with Gasteiger partial charge in [-0.15, -0.1) is 0 Å². The normalized spacial score (nSPS) is 15.7. The van der Waals surface area contributed by atoms with Gasteiger partial charge in [-0.2, -0.15) is 9.37 Å². The van der Waals surface area contributed by atoms with Crippen molar-refractivity contribution in [3.63, 3.8) is 0 Å². The second-order valence-corrected chi connectivity index (χ2v) is 7.86. The van der Waals surface area contributed by atoms with Gasteiger partial charge in [-0.1, -0.05) is 12.7 Å². The summed E-state index contributed by atoms with van der Waals surface area (Å²) in [4.78, 5) is 10.0. The van der Waals surface area contributed by atoms with Crippen LogP contribution >= 0.6 is 0 Å². The average Bonchev–Trinajstić information content (AvgIpc) is 3.16. The van der Waals surface area contributed by atoms with Gasteiger partial charge in [0, 0.05) is 49.5 Å². The van der Waals surface area contributed by atoms with Crippen LogP contribution in [0.15, 0.2) is 49.0 Å². The van der Waals surface area contributed by atoms with Crippen LogP contribution in [0.3, 0.4) is 0 Å². The zero-order valence-corrected chi connectivity index (χ0v) is 18.8. The number of hydrogen-bond donors (Lipinski definition) is 2. The predicted molar refractivity (Wildman–Crippen MR) is 124 cm³/mol. The molecule has 174 valence electrons. The van der Waals surface area contributed by atoms with E-state index < -0.39 is 17.7 Å². The highest BCUT2D eigenvalue weighted by Gasteiger charge is 2.26. The molecule has 1 saturated heterocycles. The minimum Gasteiger partial charge on any atom is -0.433 e. The number of nitrogens with two attached hydrogens (primary N) is 1. The monoisotopic (exact) mass is 454 g/mol. The number of rotatable bonds is 7. The van der Waals surface area contributed by atoms with Crippen LogP contribution in [0.5, 0.6) is 11.6 Å². The average molecular weight is 455 g/mol. The van der Waals surface area contributed by atoms with Crippen LogP contribution in [0, 0.1) is 18.6 Å². The fourth-order valence-corrected chi connectivity index (χ4v) is 4.26. The second-order valence-electron chi connectivity index (χ2n) is 7.86. The van der Waals surface area contributed by atoms with E-state index in [4.69, 9.17) is 10.5 Å². The highest BCUT2D eigenvalue weighted by atomic mass is 19.1. The highest BCUT2D eigenvalue weighted by Crippen LogP contribution is 2.34. The molecule has 2 aromatic heterocycles. The van der Waals surface area contributed by atoms with Gasteiger partial charge in [0.1, 0.15) is 12.0 Å². The third-order valence-electron chi connectivity index (χ3n) is 5.88. The number of fused-ring (bicyclic) bond motifs is 1. The number of aryl methyl sites for hydroxylation is 2. The van der Waals surface area contributed by atoms with Crippen molar-refractivity contribution in [2.45, 2.75) is 26.4 Å². The SMILES string of the molecule is C=C/C=C(\C(N)c1ncnc(Oc2ccc3c(cc(C)n3CC)c2F)c1F)N1CCNCC1. The number of ether oxygens (including phenoxy) is 1. The molecule has 0 bridgehead atoms. The number of nitrogens with one attached hydrogen (secondary N) is 1. The van der Waals surface area contributed by atoms with Gasteiger partial charge in [-0.25, -0.2) is 9.37 Å². The lowest BCUT2D eigenvalue weighted by molar-refractivity contribution is 0.280. The van der Waals surface area contributed by atoms with Crippen LogP contribution in [-0.2, 0) is 6.54 Å². The number of aromatic nitrogens is 3. The molecule has 3 N–H and O–H groups in total. The van der Waals surface area contributed by atoms with Crippen LogP contribution in [0.1, 0.15) is 24.4 Å².